The molecule has 0 unspecified atom stereocenters. The van der Waals surface area contributed by atoms with Crippen LogP contribution in [0.3, 0.4) is 0 Å². The number of benzene rings is 6. The predicted molar refractivity (Wildman–Crippen MR) is 213 cm³/mol. The maximum atomic E-state index is 13.4. The fourth-order valence-electron chi connectivity index (χ4n) is 6.81. The Morgan fingerprint density at radius 1 is 0.554 bits per heavy atom. The van der Waals surface area contributed by atoms with E-state index in [0.717, 1.165) is 27.8 Å². The highest BCUT2D eigenvalue weighted by Gasteiger charge is 2.46. The summed E-state index contributed by atoms with van der Waals surface area (Å²) >= 11 is 0. The van der Waals surface area contributed by atoms with Crippen molar-refractivity contribution in [1.82, 2.24) is 0 Å². The van der Waals surface area contributed by atoms with Crippen LogP contribution < -0.4 is 9.47 Å². The number of carbonyl (C=O) groups is 1. The van der Waals surface area contributed by atoms with Crippen molar-refractivity contribution in [2.24, 2.45) is 0 Å². The van der Waals surface area contributed by atoms with E-state index in [1.165, 1.54) is 6.92 Å². The first kappa shape index (κ1) is 38.5. The van der Waals surface area contributed by atoms with Gasteiger partial charge in [-0.3, -0.25) is 4.79 Å². The van der Waals surface area contributed by atoms with E-state index in [9.17, 15) is 9.90 Å². The quantitative estimate of drug-likeness (QED) is 0.0922. The minimum Gasteiger partial charge on any atom is -0.507 e. The minimum absolute atomic E-state index is 0.0256. The molecule has 0 radical (unpaired) electrons. The Labute approximate surface area is 328 Å². The van der Waals surface area contributed by atoms with Gasteiger partial charge in [0.15, 0.2) is 5.78 Å². The van der Waals surface area contributed by atoms with Gasteiger partial charge in [0.1, 0.15) is 60.4 Å². The number of rotatable bonds is 17. The molecule has 0 spiro atoms. The average molecular weight is 751 g/mol. The first-order chi connectivity index (χ1) is 27.5. The summed E-state index contributed by atoms with van der Waals surface area (Å²) in [5, 5.41) is 12.3. The summed E-state index contributed by atoms with van der Waals surface area (Å²) in [6.07, 6.45) is -2.98. The van der Waals surface area contributed by atoms with Crippen molar-refractivity contribution in [3.05, 3.63) is 197 Å². The molecule has 56 heavy (non-hydrogen) atoms. The van der Waals surface area contributed by atoms with Crippen LogP contribution in [0.4, 0.5) is 0 Å². The molecular formula is C48H46O8. The highest BCUT2D eigenvalue weighted by Crippen LogP contribution is 2.48. The molecule has 1 aliphatic rings. The van der Waals surface area contributed by atoms with Crippen molar-refractivity contribution in [2.75, 3.05) is 6.61 Å². The standard InChI is InChI=1S/C48H46O8/c1-34(49)43-40(51-28-35-17-7-2-8-18-35)27-41(52-29-36-19-9-3-10-20-36)44(45(43)50)47-48(55-32-39-25-15-6-16-26-39)46(54-31-38-23-13-5-14-24-38)42(33-56-47)53-30-37-21-11-4-12-22-37/h2-27,42,46-48,50H,28-33H2,1H3/t42-,46-,47-,48+/m0/s1. The van der Waals surface area contributed by atoms with Crippen LogP contribution in [0.5, 0.6) is 17.2 Å². The van der Waals surface area contributed by atoms with Crippen molar-refractivity contribution in [1.29, 1.82) is 0 Å². The van der Waals surface area contributed by atoms with E-state index in [1.54, 1.807) is 6.07 Å². The third kappa shape index (κ3) is 9.90. The van der Waals surface area contributed by atoms with Gasteiger partial charge in [0.2, 0.25) is 0 Å². The molecule has 286 valence electrons. The molecule has 8 heteroatoms. The van der Waals surface area contributed by atoms with Crippen molar-refractivity contribution in [2.45, 2.75) is 64.4 Å². The Morgan fingerprint density at radius 3 is 1.39 bits per heavy atom. The lowest BCUT2D eigenvalue weighted by atomic mass is 9.90. The lowest BCUT2D eigenvalue weighted by Crippen LogP contribution is -2.52. The third-order valence-corrected chi connectivity index (χ3v) is 9.68. The molecule has 0 bridgehead atoms. The second-order valence-electron chi connectivity index (χ2n) is 13.7. The van der Waals surface area contributed by atoms with Gasteiger partial charge >= 0.3 is 0 Å². The lowest BCUT2D eigenvalue weighted by molar-refractivity contribution is -0.241. The average Bonchev–Trinajstić information content (AvgIpc) is 3.24. The predicted octanol–water partition coefficient (Wildman–Crippen LogP) is 9.58. The van der Waals surface area contributed by atoms with E-state index in [-0.39, 0.29) is 61.4 Å². The van der Waals surface area contributed by atoms with E-state index in [1.807, 2.05) is 152 Å². The molecular weight excluding hydrogens is 705 g/mol. The molecule has 1 N–H and O–H groups in total. The van der Waals surface area contributed by atoms with Gasteiger partial charge in [-0.15, -0.1) is 0 Å². The van der Waals surface area contributed by atoms with E-state index < -0.39 is 24.4 Å². The van der Waals surface area contributed by atoms with Crippen LogP contribution in [-0.4, -0.2) is 35.8 Å². The number of carbonyl (C=O) groups excluding carboxylic acids is 1. The molecule has 7 rings (SSSR count). The zero-order valence-electron chi connectivity index (χ0n) is 31.4. The minimum atomic E-state index is -0.942. The first-order valence-electron chi connectivity index (χ1n) is 18.9. The summed E-state index contributed by atoms with van der Waals surface area (Å²) in [5.41, 5.74) is 5.04. The van der Waals surface area contributed by atoms with Crippen LogP contribution in [0.15, 0.2) is 158 Å². The zero-order chi connectivity index (χ0) is 38.5. The topological polar surface area (TPSA) is 92.7 Å². The third-order valence-electron chi connectivity index (χ3n) is 9.68. The number of phenols is 1. The SMILES string of the molecule is CC(=O)c1c(OCc2ccccc2)cc(OCc2ccccc2)c([C@@H]2OC[C@H](OCc3ccccc3)[C@H](OCc3ccccc3)[C@H]2OCc2ccccc2)c1O. The molecule has 0 amide bonds. The number of hydrogen-bond acceptors (Lipinski definition) is 8. The van der Waals surface area contributed by atoms with Crippen LogP contribution in [0, 0.1) is 0 Å². The number of phenolic OH excluding ortho intramolecular Hbond substituents is 1. The molecule has 1 heterocycles. The number of ether oxygens (including phenoxy) is 6. The molecule has 0 aliphatic carbocycles. The number of hydrogen-bond donors (Lipinski definition) is 1. The number of Topliss-reactive ketones (excluding diaryl/α,β-unsaturated/α-hetero) is 1. The van der Waals surface area contributed by atoms with E-state index >= 15 is 0 Å². The molecule has 1 aliphatic heterocycles. The van der Waals surface area contributed by atoms with Gasteiger partial charge in [0, 0.05) is 6.07 Å². The van der Waals surface area contributed by atoms with E-state index in [4.69, 9.17) is 28.4 Å². The van der Waals surface area contributed by atoms with Crippen molar-refractivity contribution >= 4 is 5.78 Å². The Bertz CT molecular complexity index is 2110. The zero-order valence-corrected chi connectivity index (χ0v) is 31.4. The Hall–Kier alpha value is -5.77. The summed E-state index contributed by atoms with van der Waals surface area (Å²) in [7, 11) is 0. The molecule has 8 nitrogen and oxygen atoms in total. The Balaban J connectivity index is 1.30. The van der Waals surface area contributed by atoms with Crippen LogP contribution in [0.1, 0.15) is 56.8 Å². The fraction of sp³-hybridized carbons (Fsp3) is 0.229. The summed E-state index contributed by atoms with van der Waals surface area (Å²) in [6.45, 7) is 2.71. The largest absolute Gasteiger partial charge is 0.507 e. The highest BCUT2D eigenvalue weighted by atomic mass is 16.6. The maximum Gasteiger partial charge on any atom is 0.167 e. The summed E-state index contributed by atoms with van der Waals surface area (Å²) < 4.78 is 39.6. The first-order valence-corrected chi connectivity index (χ1v) is 18.9. The van der Waals surface area contributed by atoms with Crippen molar-refractivity contribution in [3.63, 3.8) is 0 Å². The molecule has 4 atom stereocenters. The van der Waals surface area contributed by atoms with Crippen LogP contribution >= 0.6 is 0 Å². The maximum absolute atomic E-state index is 13.4. The Morgan fingerprint density at radius 2 is 0.946 bits per heavy atom. The molecule has 6 aromatic carbocycles. The smallest absolute Gasteiger partial charge is 0.167 e. The van der Waals surface area contributed by atoms with Gasteiger partial charge in [0.25, 0.3) is 0 Å². The lowest BCUT2D eigenvalue weighted by Gasteiger charge is -2.43. The van der Waals surface area contributed by atoms with Gasteiger partial charge in [-0.2, -0.15) is 0 Å². The summed E-state index contributed by atoms with van der Waals surface area (Å²) in [6, 6.07) is 50.7. The van der Waals surface area contributed by atoms with Crippen LogP contribution in [-0.2, 0) is 52.0 Å². The molecule has 1 fully saturated rings. The summed E-state index contributed by atoms with van der Waals surface area (Å²) in [4.78, 5) is 13.4. The molecule has 0 saturated carbocycles. The normalized spacial score (nSPS) is 17.9. The van der Waals surface area contributed by atoms with Crippen molar-refractivity contribution in [3.8, 4) is 17.2 Å². The molecule has 6 aromatic rings. The van der Waals surface area contributed by atoms with Crippen LogP contribution in [0.25, 0.3) is 0 Å². The van der Waals surface area contributed by atoms with Crippen molar-refractivity contribution < 1.29 is 38.3 Å². The van der Waals surface area contributed by atoms with E-state index in [0.29, 0.717) is 12.4 Å². The van der Waals surface area contributed by atoms with Gasteiger partial charge in [0.05, 0.1) is 32.0 Å². The van der Waals surface area contributed by atoms with Gasteiger partial charge in [-0.1, -0.05) is 152 Å². The van der Waals surface area contributed by atoms with Gasteiger partial charge in [-0.25, -0.2) is 0 Å². The van der Waals surface area contributed by atoms with Gasteiger partial charge in [-0.05, 0) is 34.7 Å². The number of aromatic hydroxyl groups is 1. The second-order valence-corrected chi connectivity index (χ2v) is 13.7. The Kier molecular flexibility index (Phi) is 13.2. The van der Waals surface area contributed by atoms with Crippen LogP contribution in [0.2, 0.25) is 0 Å². The monoisotopic (exact) mass is 750 g/mol. The number of ketones is 1. The fourth-order valence-corrected chi connectivity index (χ4v) is 6.81. The molecule has 0 aromatic heterocycles. The van der Waals surface area contributed by atoms with Gasteiger partial charge < -0.3 is 33.5 Å². The highest BCUT2D eigenvalue weighted by molar-refractivity contribution is 6.00. The van der Waals surface area contributed by atoms with E-state index in [2.05, 4.69) is 0 Å². The molecule has 1 saturated heterocycles. The second kappa shape index (κ2) is 19.2. The summed E-state index contributed by atoms with van der Waals surface area (Å²) in [5.74, 6) is -0.179.